The molecular formula is C26H22N2O6. The first-order valence-electron chi connectivity index (χ1n) is 10.6. The van der Waals surface area contributed by atoms with Gasteiger partial charge in [0.25, 0.3) is 17.4 Å². The molecule has 1 heterocycles. The van der Waals surface area contributed by atoms with Crippen molar-refractivity contribution in [1.29, 1.82) is 0 Å². The predicted octanol–water partition coefficient (Wildman–Crippen LogP) is 4.79. The van der Waals surface area contributed by atoms with E-state index in [-0.39, 0.29) is 16.8 Å². The van der Waals surface area contributed by atoms with Crippen molar-refractivity contribution in [3.8, 4) is 5.75 Å². The zero-order chi connectivity index (χ0) is 24.4. The molecule has 34 heavy (non-hydrogen) atoms. The third-order valence-electron chi connectivity index (χ3n) is 5.83. The molecule has 4 rings (SSSR count). The van der Waals surface area contributed by atoms with E-state index in [9.17, 15) is 24.8 Å². The Hall–Kier alpha value is -4.46. The number of benzene rings is 3. The number of non-ortho nitro benzene ring substituents is 1. The molecule has 8 heteroatoms. The summed E-state index contributed by atoms with van der Waals surface area (Å²) >= 11 is 0. The van der Waals surface area contributed by atoms with Crippen LogP contribution < -0.4 is 9.64 Å². The highest BCUT2D eigenvalue weighted by Crippen LogP contribution is 2.45. The quantitative estimate of drug-likeness (QED) is 0.187. The van der Waals surface area contributed by atoms with Crippen LogP contribution in [-0.4, -0.2) is 28.8 Å². The molecule has 0 aliphatic carbocycles. The number of nitro groups is 1. The largest absolute Gasteiger partial charge is 0.507 e. The molecule has 1 N–H and O–H groups in total. The Morgan fingerprint density at radius 2 is 1.76 bits per heavy atom. The van der Waals surface area contributed by atoms with Crippen molar-refractivity contribution in [2.75, 3.05) is 12.0 Å². The molecule has 1 saturated heterocycles. The molecule has 0 saturated carbocycles. The summed E-state index contributed by atoms with van der Waals surface area (Å²) in [5.74, 6) is -1.77. The molecule has 0 radical (unpaired) electrons. The topological polar surface area (TPSA) is 110 Å². The molecule has 0 aromatic heterocycles. The summed E-state index contributed by atoms with van der Waals surface area (Å²) in [6, 6.07) is 18.4. The van der Waals surface area contributed by atoms with Crippen LogP contribution in [0.3, 0.4) is 0 Å². The van der Waals surface area contributed by atoms with Crippen molar-refractivity contribution in [3.05, 3.63) is 105 Å². The van der Waals surface area contributed by atoms with Gasteiger partial charge >= 0.3 is 0 Å². The van der Waals surface area contributed by atoms with E-state index in [0.29, 0.717) is 17.0 Å². The van der Waals surface area contributed by atoms with Gasteiger partial charge in [-0.2, -0.15) is 0 Å². The summed E-state index contributed by atoms with van der Waals surface area (Å²) in [6.45, 7) is 2.01. The smallest absolute Gasteiger partial charge is 0.300 e. The van der Waals surface area contributed by atoms with E-state index < -0.39 is 28.4 Å². The van der Waals surface area contributed by atoms with Crippen LogP contribution in [0, 0.1) is 10.1 Å². The average molecular weight is 458 g/mol. The first-order valence-corrected chi connectivity index (χ1v) is 10.6. The Morgan fingerprint density at radius 1 is 1.06 bits per heavy atom. The molecule has 1 atom stereocenters. The molecule has 1 fully saturated rings. The lowest BCUT2D eigenvalue weighted by Crippen LogP contribution is -2.29. The minimum Gasteiger partial charge on any atom is -0.507 e. The van der Waals surface area contributed by atoms with E-state index in [2.05, 4.69) is 0 Å². The van der Waals surface area contributed by atoms with E-state index in [1.807, 2.05) is 19.1 Å². The van der Waals surface area contributed by atoms with Crippen molar-refractivity contribution in [3.63, 3.8) is 0 Å². The number of hydrogen-bond donors (Lipinski definition) is 1. The molecule has 172 valence electrons. The molecule has 8 nitrogen and oxygen atoms in total. The average Bonchev–Trinajstić information content (AvgIpc) is 3.13. The normalized spacial score (nSPS) is 17.1. The van der Waals surface area contributed by atoms with Gasteiger partial charge in [-0.25, -0.2) is 0 Å². The number of ketones is 1. The number of methoxy groups -OCH3 is 1. The molecule has 0 spiro atoms. The Morgan fingerprint density at radius 3 is 2.41 bits per heavy atom. The summed E-state index contributed by atoms with van der Waals surface area (Å²) in [6.07, 6.45) is 0.807. The number of aliphatic hydroxyl groups is 1. The van der Waals surface area contributed by atoms with Crippen molar-refractivity contribution in [2.24, 2.45) is 0 Å². The van der Waals surface area contributed by atoms with Crippen LogP contribution in [0.15, 0.2) is 78.4 Å². The third-order valence-corrected chi connectivity index (χ3v) is 5.83. The van der Waals surface area contributed by atoms with Gasteiger partial charge in [0.15, 0.2) is 0 Å². The molecule has 1 aliphatic heterocycles. The lowest BCUT2D eigenvalue weighted by Gasteiger charge is -2.26. The number of ether oxygens (including phenoxy) is 1. The van der Waals surface area contributed by atoms with Crippen LogP contribution in [-0.2, 0) is 16.0 Å². The van der Waals surface area contributed by atoms with Gasteiger partial charge < -0.3 is 9.84 Å². The maximum Gasteiger partial charge on any atom is 0.300 e. The van der Waals surface area contributed by atoms with Crippen LogP contribution in [0.2, 0.25) is 0 Å². The molecule has 3 aromatic carbocycles. The van der Waals surface area contributed by atoms with E-state index >= 15 is 0 Å². The summed E-state index contributed by atoms with van der Waals surface area (Å²) in [5, 5.41) is 22.4. The number of nitrogens with zero attached hydrogens (tertiary/aromatic N) is 2. The molecule has 1 amide bonds. The van der Waals surface area contributed by atoms with Crippen molar-refractivity contribution in [1.82, 2.24) is 0 Å². The second-order valence-electron chi connectivity index (χ2n) is 7.74. The fourth-order valence-corrected chi connectivity index (χ4v) is 4.10. The van der Waals surface area contributed by atoms with Gasteiger partial charge in [-0.15, -0.1) is 0 Å². The van der Waals surface area contributed by atoms with Crippen LogP contribution in [0.1, 0.15) is 29.7 Å². The Balaban J connectivity index is 1.97. The number of amides is 1. The highest BCUT2D eigenvalue weighted by molar-refractivity contribution is 6.51. The number of carbonyl (C=O) groups is 2. The van der Waals surface area contributed by atoms with Gasteiger partial charge in [-0.1, -0.05) is 49.4 Å². The van der Waals surface area contributed by atoms with Gasteiger partial charge in [0, 0.05) is 28.9 Å². The number of Topliss-reactive ketones (excluding diaryl/α,β-unsaturated/α-hetero) is 1. The minimum atomic E-state index is -0.997. The predicted molar refractivity (Wildman–Crippen MR) is 127 cm³/mol. The highest BCUT2D eigenvalue weighted by atomic mass is 16.6. The summed E-state index contributed by atoms with van der Waals surface area (Å²) < 4.78 is 5.49. The maximum absolute atomic E-state index is 13.2. The van der Waals surface area contributed by atoms with Crippen LogP contribution >= 0.6 is 0 Å². The Labute approximate surface area is 195 Å². The molecule has 1 aliphatic rings. The van der Waals surface area contributed by atoms with Gasteiger partial charge in [0.1, 0.15) is 11.5 Å². The van der Waals surface area contributed by atoms with E-state index in [0.717, 1.165) is 18.1 Å². The molecule has 3 aromatic rings. The SMILES string of the molecule is CCc1ccc(N2C(=O)C(=O)/C(=C(/O)c3cccc([N+](=O)[O-])c3)C2c2ccccc2OC)cc1. The zero-order valence-electron chi connectivity index (χ0n) is 18.6. The second-order valence-corrected chi connectivity index (χ2v) is 7.74. The lowest BCUT2D eigenvalue weighted by atomic mass is 9.94. The highest BCUT2D eigenvalue weighted by Gasteiger charge is 2.48. The number of aliphatic hydroxyl groups excluding tert-OH is 1. The molecular weight excluding hydrogens is 436 g/mol. The van der Waals surface area contributed by atoms with Crippen LogP contribution in [0.4, 0.5) is 11.4 Å². The van der Waals surface area contributed by atoms with E-state index in [4.69, 9.17) is 4.74 Å². The third kappa shape index (κ3) is 3.90. The van der Waals surface area contributed by atoms with Gasteiger partial charge in [0.2, 0.25) is 0 Å². The minimum absolute atomic E-state index is 0.0634. The summed E-state index contributed by atoms with van der Waals surface area (Å²) in [7, 11) is 1.47. The summed E-state index contributed by atoms with van der Waals surface area (Å²) in [5.41, 5.74) is 1.68. The first-order chi connectivity index (χ1) is 16.4. The summed E-state index contributed by atoms with van der Waals surface area (Å²) in [4.78, 5) is 38.5. The monoisotopic (exact) mass is 458 g/mol. The zero-order valence-corrected chi connectivity index (χ0v) is 18.6. The lowest BCUT2D eigenvalue weighted by molar-refractivity contribution is -0.384. The van der Waals surface area contributed by atoms with E-state index in [1.54, 1.807) is 36.4 Å². The number of hydrogen-bond acceptors (Lipinski definition) is 6. The fraction of sp³-hybridized carbons (Fsp3) is 0.154. The number of aryl methyl sites for hydroxylation is 1. The fourth-order valence-electron chi connectivity index (χ4n) is 4.10. The van der Waals surface area contributed by atoms with Gasteiger partial charge in [-0.05, 0) is 30.2 Å². The van der Waals surface area contributed by atoms with Crippen molar-refractivity contribution in [2.45, 2.75) is 19.4 Å². The van der Waals surface area contributed by atoms with Crippen LogP contribution in [0.5, 0.6) is 5.75 Å². The standard InChI is InChI=1S/C26H22N2O6/c1-3-16-11-13-18(14-12-16)27-23(20-9-4-5-10-21(20)34-2)22(25(30)26(27)31)24(29)17-7-6-8-19(15-17)28(32)33/h4-15,23,29H,3H2,1-2H3/b24-22+. The number of rotatable bonds is 6. The number of para-hydroxylation sites is 1. The van der Waals surface area contributed by atoms with Crippen LogP contribution in [0.25, 0.3) is 5.76 Å². The second kappa shape index (κ2) is 9.19. The van der Waals surface area contributed by atoms with Gasteiger partial charge in [-0.3, -0.25) is 24.6 Å². The number of carbonyl (C=O) groups excluding carboxylic acids is 2. The molecule has 0 bridgehead atoms. The Kier molecular flexibility index (Phi) is 6.14. The number of anilines is 1. The van der Waals surface area contributed by atoms with Crippen molar-refractivity contribution >= 4 is 28.8 Å². The maximum atomic E-state index is 13.2. The van der Waals surface area contributed by atoms with Gasteiger partial charge in [0.05, 0.1) is 23.6 Å². The molecule has 1 unspecified atom stereocenters. The Bertz CT molecular complexity index is 1310. The first kappa shape index (κ1) is 22.7. The number of nitro benzene ring substituents is 1. The van der Waals surface area contributed by atoms with E-state index in [1.165, 1.54) is 30.2 Å². The van der Waals surface area contributed by atoms with Crippen molar-refractivity contribution < 1.29 is 24.4 Å².